The number of hydrogen-bond donors (Lipinski definition) is 2. The van der Waals surface area contributed by atoms with E-state index in [0.29, 0.717) is 27.9 Å². The lowest BCUT2D eigenvalue weighted by Crippen LogP contribution is -2.26. The van der Waals surface area contributed by atoms with Gasteiger partial charge in [-0.15, -0.1) is 11.3 Å². The van der Waals surface area contributed by atoms with Gasteiger partial charge in [0.1, 0.15) is 6.04 Å². The second-order valence-corrected chi connectivity index (χ2v) is 8.58. The number of H-pyrrole nitrogens is 1. The average Bonchev–Trinajstić information content (AvgIpc) is 3.41. The molecule has 3 aromatic heterocycles. The number of carbonyl (C=O) groups excluding carboxylic acids is 1. The summed E-state index contributed by atoms with van der Waals surface area (Å²) in [5.74, 6) is 0.324. The number of carbonyl (C=O) groups is 1. The minimum atomic E-state index is -0.618. The number of nitrogens with one attached hydrogen (secondary N) is 2. The summed E-state index contributed by atoms with van der Waals surface area (Å²) in [7, 11) is 0. The van der Waals surface area contributed by atoms with Crippen molar-refractivity contribution in [2.75, 3.05) is 5.32 Å². The number of nitrogens with zero attached hydrogens (tertiary/aromatic N) is 3. The molecule has 0 aliphatic carbocycles. The van der Waals surface area contributed by atoms with Crippen LogP contribution in [0.25, 0.3) is 10.7 Å². The number of anilines is 1. The first-order valence-corrected chi connectivity index (χ1v) is 11.1. The molecule has 158 valence electrons. The zero-order chi connectivity index (χ0) is 22.0. The van der Waals surface area contributed by atoms with E-state index in [1.807, 2.05) is 35.7 Å². The monoisotopic (exact) mass is 471 g/mol. The van der Waals surface area contributed by atoms with Crippen LogP contribution in [0.1, 0.15) is 18.5 Å². The lowest BCUT2D eigenvalue weighted by Gasteiger charge is -2.16. The molecule has 1 aromatic carbocycles. The first kappa shape index (κ1) is 21.2. The van der Waals surface area contributed by atoms with Crippen LogP contribution in [0.4, 0.5) is 5.69 Å². The van der Waals surface area contributed by atoms with Crippen molar-refractivity contribution in [2.24, 2.45) is 0 Å². The molecule has 3 heterocycles. The largest absolute Gasteiger partial charge is 0.323 e. The highest BCUT2D eigenvalue weighted by Gasteiger charge is 2.21. The molecule has 4 rings (SSSR count). The number of aromatic nitrogens is 4. The van der Waals surface area contributed by atoms with Crippen molar-refractivity contribution in [2.45, 2.75) is 19.5 Å². The standard InChI is InChI=1S/C21H18ClN5O2S2/c1-13(27-19(24-25-21(27)30)17-7-4-10-31-17)20(29)23-15-8-9-18(28)26(12-15)11-14-5-2-3-6-16(14)22/h2-10,12-13H,11H2,1H3,(H,23,29)(H,25,30). The summed E-state index contributed by atoms with van der Waals surface area (Å²) in [4.78, 5) is 26.2. The first-order chi connectivity index (χ1) is 14.9. The molecule has 0 saturated heterocycles. The third-order valence-electron chi connectivity index (χ3n) is 4.76. The topological polar surface area (TPSA) is 84.7 Å². The van der Waals surface area contributed by atoms with Gasteiger partial charge in [0, 0.05) is 17.3 Å². The maximum atomic E-state index is 13.0. The van der Waals surface area contributed by atoms with E-state index < -0.39 is 6.04 Å². The molecule has 7 nitrogen and oxygen atoms in total. The van der Waals surface area contributed by atoms with E-state index in [0.717, 1.165) is 10.4 Å². The Labute approximate surface area is 191 Å². The predicted octanol–water partition coefficient (Wildman–Crippen LogP) is 4.73. The summed E-state index contributed by atoms with van der Waals surface area (Å²) in [6.07, 6.45) is 1.60. The number of pyridine rings is 1. The number of thiophene rings is 1. The zero-order valence-corrected chi connectivity index (χ0v) is 18.8. The van der Waals surface area contributed by atoms with E-state index >= 15 is 0 Å². The Hall–Kier alpha value is -3.01. The Morgan fingerprint density at radius 2 is 2.06 bits per heavy atom. The molecule has 1 unspecified atom stereocenters. The van der Waals surface area contributed by atoms with E-state index in [1.165, 1.54) is 22.0 Å². The van der Waals surface area contributed by atoms with Crippen LogP contribution in [0.3, 0.4) is 0 Å². The number of hydrogen-bond acceptors (Lipinski definition) is 5. The van der Waals surface area contributed by atoms with Gasteiger partial charge >= 0.3 is 0 Å². The highest BCUT2D eigenvalue weighted by molar-refractivity contribution is 7.71. The fourth-order valence-electron chi connectivity index (χ4n) is 3.15. The summed E-state index contributed by atoms with van der Waals surface area (Å²) in [5, 5.41) is 12.4. The molecule has 1 atom stereocenters. The quantitative estimate of drug-likeness (QED) is 0.398. The van der Waals surface area contributed by atoms with Crippen molar-refractivity contribution >= 4 is 46.8 Å². The van der Waals surface area contributed by atoms with Gasteiger partial charge < -0.3 is 9.88 Å². The molecule has 0 spiro atoms. The van der Waals surface area contributed by atoms with E-state index in [4.69, 9.17) is 23.8 Å². The van der Waals surface area contributed by atoms with Crippen molar-refractivity contribution in [1.82, 2.24) is 19.3 Å². The highest BCUT2D eigenvalue weighted by atomic mass is 35.5. The van der Waals surface area contributed by atoms with E-state index in [1.54, 1.807) is 29.8 Å². The average molecular weight is 472 g/mol. The van der Waals surface area contributed by atoms with Gasteiger partial charge in [0.15, 0.2) is 10.6 Å². The van der Waals surface area contributed by atoms with Crippen LogP contribution in [-0.4, -0.2) is 25.2 Å². The third-order valence-corrected chi connectivity index (χ3v) is 6.28. The van der Waals surface area contributed by atoms with Gasteiger partial charge in [0.05, 0.1) is 17.1 Å². The molecule has 0 aliphatic rings. The smallest absolute Gasteiger partial charge is 0.250 e. The van der Waals surface area contributed by atoms with Crippen LogP contribution in [0.15, 0.2) is 64.9 Å². The van der Waals surface area contributed by atoms with Crippen molar-refractivity contribution in [3.63, 3.8) is 0 Å². The molecular weight excluding hydrogens is 454 g/mol. The Balaban J connectivity index is 1.57. The van der Waals surface area contributed by atoms with Gasteiger partial charge in [0.25, 0.3) is 5.56 Å². The summed E-state index contributed by atoms with van der Waals surface area (Å²) >= 11 is 13.1. The molecule has 0 radical (unpaired) electrons. The molecule has 31 heavy (non-hydrogen) atoms. The number of rotatable bonds is 6. The van der Waals surface area contributed by atoms with Gasteiger partial charge in [-0.2, -0.15) is 5.10 Å². The molecule has 0 saturated carbocycles. The lowest BCUT2D eigenvalue weighted by molar-refractivity contribution is -0.118. The predicted molar refractivity (Wildman–Crippen MR) is 125 cm³/mol. The summed E-state index contributed by atoms with van der Waals surface area (Å²) in [6.45, 7) is 2.05. The summed E-state index contributed by atoms with van der Waals surface area (Å²) in [5.41, 5.74) is 1.12. The molecule has 2 N–H and O–H groups in total. The SMILES string of the molecule is CC(C(=O)Nc1ccc(=O)n(Cc2ccccc2Cl)c1)n1c(-c2cccs2)n[nH]c1=S. The Morgan fingerprint density at radius 1 is 1.26 bits per heavy atom. The van der Waals surface area contributed by atoms with Crippen molar-refractivity contribution < 1.29 is 4.79 Å². The van der Waals surface area contributed by atoms with Crippen LogP contribution in [0, 0.1) is 4.77 Å². The maximum Gasteiger partial charge on any atom is 0.250 e. The fourth-order valence-corrected chi connectivity index (χ4v) is 4.34. The zero-order valence-electron chi connectivity index (χ0n) is 16.4. The molecule has 0 bridgehead atoms. The second-order valence-electron chi connectivity index (χ2n) is 6.84. The van der Waals surface area contributed by atoms with Crippen LogP contribution >= 0.6 is 35.2 Å². The van der Waals surface area contributed by atoms with Gasteiger partial charge in [-0.25, -0.2) is 0 Å². The Bertz CT molecular complexity index is 1340. The normalized spacial score (nSPS) is 11.9. The number of aromatic amines is 1. The van der Waals surface area contributed by atoms with Crippen LogP contribution < -0.4 is 10.9 Å². The van der Waals surface area contributed by atoms with E-state index in [2.05, 4.69) is 15.5 Å². The lowest BCUT2D eigenvalue weighted by atomic mass is 10.2. The van der Waals surface area contributed by atoms with Crippen molar-refractivity contribution in [1.29, 1.82) is 0 Å². The maximum absolute atomic E-state index is 13.0. The van der Waals surface area contributed by atoms with E-state index in [9.17, 15) is 9.59 Å². The van der Waals surface area contributed by atoms with Gasteiger partial charge in [-0.1, -0.05) is 35.9 Å². The van der Waals surface area contributed by atoms with Crippen molar-refractivity contribution in [3.8, 4) is 10.7 Å². The summed E-state index contributed by atoms with van der Waals surface area (Å²) < 4.78 is 3.54. The van der Waals surface area contributed by atoms with Crippen LogP contribution in [0.2, 0.25) is 5.02 Å². The van der Waals surface area contributed by atoms with Gasteiger partial charge in [0.2, 0.25) is 5.91 Å². The molecule has 4 aromatic rings. The minimum Gasteiger partial charge on any atom is -0.323 e. The van der Waals surface area contributed by atoms with Gasteiger partial charge in [-0.3, -0.25) is 19.3 Å². The van der Waals surface area contributed by atoms with E-state index in [-0.39, 0.29) is 11.5 Å². The number of halogens is 1. The van der Waals surface area contributed by atoms with Gasteiger partial charge in [-0.05, 0) is 48.3 Å². The molecule has 1 amide bonds. The Kier molecular flexibility index (Phi) is 6.17. The van der Waals surface area contributed by atoms with Crippen LogP contribution in [-0.2, 0) is 11.3 Å². The third kappa shape index (κ3) is 4.53. The minimum absolute atomic E-state index is 0.192. The Morgan fingerprint density at radius 3 is 2.81 bits per heavy atom. The number of benzene rings is 1. The van der Waals surface area contributed by atoms with Crippen LogP contribution in [0.5, 0.6) is 0 Å². The first-order valence-electron chi connectivity index (χ1n) is 9.39. The number of amides is 1. The molecule has 0 aliphatic heterocycles. The molecular formula is C21H18ClN5O2S2. The van der Waals surface area contributed by atoms with Crippen molar-refractivity contribution in [3.05, 3.63) is 85.8 Å². The molecule has 0 fully saturated rings. The fraction of sp³-hybridized carbons (Fsp3) is 0.143. The summed E-state index contributed by atoms with van der Waals surface area (Å²) in [6, 6.07) is 13.5. The highest BCUT2D eigenvalue weighted by Crippen LogP contribution is 2.26. The molecule has 10 heteroatoms. The second kappa shape index (κ2) is 9.01.